The summed E-state index contributed by atoms with van der Waals surface area (Å²) < 4.78 is 26.9. The molecule has 1 aromatic carbocycles. The van der Waals surface area contributed by atoms with Gasteiger partial charge in [0.25, 0.3) is 0 Å². The van der Waals surface area contributed by atoms with Gasteiger partial charge in [-0.05, 0) is 12.5 Å². The zero-order valence-corrected chi connectivity index (χ0v) is 13.3. The molecule has 7 nitrogen and oxygen atoms in total. The van der Waals surface area contributed by atoms with Crippen molar-refractivity contribution in [1.29, 1.82) is 0 Å². The van der Waals surface area contributed by atoms with Crippen LogP contribution in [0.2, 0.25) is 0 Å². The third-order valence-electron chi connectivity index (χ3n) is 3.18. The zero-order valence-electron chi connectivity index (χ0n) is 12.5. The molecule has 0 saturated heterocycles. The van der Waals surface area contributed by atoms with Crippen LogP contribution in [0.4, 0.5) is 14.6 Å². The van der Waals surface area contributed by atoms with Crippen molar-refractivity contribution in [3.63, 3.8) is 0 Å². The number of halogens is 2. The lowest BCUT2D eigenvalue weighted by atomic mass is 10.2. The highest BCUT2D eigenvalue weighted by atomic mass is 32.2. The molecule has 0 aliphatic rings. The summed E-state index contributed by atoms with van der Waals surface area (Å²) in [7, 11) is 0. The fourth-order valence-corrected chi connectivity index (χ4v) is 2.82. The summed E-state index contributed by atoms with van der Waals surface area (Å²) in [5.41, 5.74) is 1.09. The van der Waals surface area contributed by atoms with Gasteiger partial charge in [0.15, 0.2) is 28.1 Å². The van der Waals surface area contributed by atoms with E-state index in [4.69, 9.17) is 5.11 Å². The molecule has 0 atom stereocenters. The molecule has 0 unspecified atom stereocenters. The minimum atomic E-state index is -0.882. The van der Waals surface area contributed by atoms with Gasteiger partial charge in [-0.3, -0.25) is 0 Å². The molecule has 0 radical (unpaired) electrons. The number of fused-ring (bicyclic) bond motifs is 1. The van der Waals surface area contributed by atoms with E-state index in [1.54, 1.807) is 0 Å². The van der Waals surface area contributed by atoms with Gasteiger partial charge in [0.1, 0.15) is 0 Å². The van der Waals surface area contributed by atoms with Crippen LogP contribution >= 0.6 is 11.8 Å². The fraction of sp³-hybridized carbons (Fsp3) is 0.286. The summed E-state index contributed by atoms with van der Waals surface area (Å²) in [5.74, 6) is -1.09. The highest BCUT2D eigenvalue weighted by Gasteiger charge is 2.13. The smallest absolute Gasteiger partial charge is 0.207 e. The van der Waals surface area contributed by atoms with Crippen molar-refractivity contribution in [3.8, 4) is 0 Å². The first kappa shape index (κ1) is 16.5. The summed E-state index contributed by atoms with van der Waals surface area (Å²) in [4.78, 5) is 8.57. The van der Waals surface area contributed by atoms with E-state index in [1.807, 2.05) is 0 Å². The molecule has 3 rings (SSSR count). The topological polar surface area (TPSA) is 99.6 Å². The molecule has 2 heterocycles. The Morgan fingerprint density at radius 2 is 2.08 bits per heavy atom. The second-order valence-electron chi connectivity index (χ2n) is 4.86. The number of anilines is 1. The number of benzene rings is 1. The van der Waals surface area contributed by atoms with E-state index in [-0.39, 0.29) is 17.9 Å². The van der Waals surface area contributed by atoms with Gasteiger partial charge in [-0.1, -0.05) is 23.9 Å². The number of aromatic nitrogens is 5. The van der Waals surface area contributed by atoms with Gasteiger partial charge in [-0.2, -0.15) is 15.3 Å². The van der Waals surface area contributed by atoms with Gasteiger partial charge >= 0.3 is 0 Å². The monoisotopic (exact) mass is 352 g/mol. The number of nitrogens with zero attached hydrogens (tertiary/aromatic N) is 4. The first-order valence-corrected chi connectivity index (χ1v) is 8.16. The van der Waals surface area contributed by atoms with Crippen LogP contribution in [0.1, 0.15) is 12.0 Å². The first-order chi connectivity index (χ1) is 11.7. The molecule has 0 fully saturated rings. The van der Waals surface area contributed by atoms with E-state index in [2.05, 4.69) is 30.7 Å². The molecule has 0 spiro atoms. The Labute approximate surface area is 139 Å². The standard InChI is InChI=1S/C14H14F2N6OS/c15-9-4-1-3-8(10(9)16)7-24-14-18-12(17-5-2-6-23)11-13(19-14)21-22-20-11/h1,3-4,23H,2,5-7H2,(H2,17,18,19,20,21,22). The van der Waals surface area contributed by atoms with Gasteiger partial charge in [-0.25, -0.2) is 13.8 Å². The second-order valence-corrected chi connectivity index (χ2v) is 5.80. The average Bonchev–Trinajstić information content (AvgIpc) is 3.05. The fourth-order valence-electron chi connectivity index (χ4n) is 2.00. The minimum Gasteiger partial charge on any atom is -0.396 e. The van der Waals surface area contributed by atoms with Crippen LogP contribution in [0.25, 0.3) is 11.2 Å². The van der Waals surface area contributed by atoms with Crippen molar-refractivity contribution >= 4 is 28.7 Å². The van der Waals surface area contributed by atoms with Gasteiger partial charge in [0.05, 0.1) is 0 Å². The van der Waals surface area contributed by atoms with Crippen molar-refractivity contribution in [2.45, 2.75) is 17.3 Å². The molecule has 0 aliphatic heterocycles. The van der Waals surface area contributed by atoms with Crippen molar-refractivity contribution in [2.75, 3.05) is 18.5 Å². The normalized spacial score (nSPS) is 11.1. The Hall–Kier alpha value is -2.33. The van der Waals surface area contributed by atoms with E-state index in [1.165, 1.54) is 23.9 Å². The van der Waals surface area contributed by atoms with Crippen molar-refractivity contribution in [2.24, 2.45) is 0 Å². The number of aliphatic hydroxyl groups is 1. The number of rotatable bonds is 7. The molecule has 126 valence electrons. The lowest BCUT2D eigenvalue weighted by Gasteiger charge is -2.07. The highest BCUT2D eigenvalue weighted by molar-refractivity contribution is 7.98. The Bertz CT molecular complexity index is 843. The van der Waals surface area contributed by atoms with Crippen molar-refractivity contribution in [3.05, 3.63) is 35.4 Å². The van der Waals surface area contributed by atoms with Gasteiger partial charge in [-0.15, -0.1) is 5.10 Å². The van der Waals surface area contributed by atoms with E-state index in [9.17, 15) is 8.78 Å². The van der Waals surface area contributed by atoms with Crippen LogP contribution in [0, 0.1) is 11.6 Å². The summed E-state index contributed by atoms with van der Waals surface area (Å²) in [6, 6.07) is 4.04. The van der Waals surface area contributed by atoms with Crippen LogP contribution in [0.3, 0.4) is 0 Å². The SMILES string of the molecule is OCCCNc1nc(SCc2cccc(F)c2F)nc2n[nH]nc12. The molecule has 0 saturated carbocycles. The van der Waals surface area contributed by atoms with Gasteiger partial charge < -0.3 is 10.4 Å². The molecular weight excluding hydrogens is 338 g/mol. The van der Waals surface area contributed by atoms with Crippen LogP contribution < -0.4 is 5.32 Å². The quantitative estimate of drug-likeness (QED) is 0.340. The zero-order chi connectivity index (χ0) is 16.9. The second kappa shape index (κ2) is 7.49. The van der Waals surface area contributed by atoms with Gasteiger partial charge in [0, 0.05) is 24.5 Å². The van der Waals surface area contributed by atoms with E-state index >= 15 is 0 Å². The summed E-state index contributed by atoms with van der Waals surface area (Å²) in [6.07, 6.45) is 0.556. The summed E-state index contributed by atoms with van der Waals surface area (Å²) in [5, 5.41) is 22.7. The molecule has 3 N–H and O–H groups in total. The van der Waals surface area contributed by atoms with Gasteiger partial charge in [0.2, 0.25) is 5.65 Å². The average molecular weight is 352 g/mol. The highest BCUT2D eigenvalue weighted by Crippen LogP contribution is 2.25. The number of aliphatic hydroxyl groups excluding tert-OH is 1. The van der Waals surface area contributed by atoms with E-state index in [0.717, 1.165) is 6.07 Å². The molecule has 0 amide bonds. The third kappa shape index (κ3) is 3.60. The van der Waals surface area contributed by atoms with Crippen molar-refractivity contribution < 1.29 is 13.9 Å². The predicted molar refractivity (Wildman–Crippen MR) is 85.6 cm³/mol. The molecule has 0 bridgehead atoms. The number of nitrogens with one attached hydrogen (secondary N) is 2. The molecule has 10 heteroatoms. The van der Waals surface area contributed by atoms with Crippen LogP contribution in [-0.2, 0) is 5.75 Å². The van der Waals surface area contributed by atoms with E-state index in [0.29, 0.717) is 35.1 Å². The lowest BCUT2D eigenvalue weighted by Crippen LogP contribution is -2.07. The first-order valence-electron chi connectivity index (χ1n) is 7.18. The number of thioether (sulfide) groups is 1. The summed E-state index contributed by atoms with van der Waals surface area (Å²) in [6.45, 7) is 0.568. The van der Waals surface area contributed by atoms with Crippen LogP contribution in [0.5, 0.6) is 0 Å². The number of hydrogen-bond acceptors (Lipinski definition) is 7. The largest absolute Gasteiger partial charge is 0.396 e. The minimum absolute atomic E-state index is 0.0560. The number of aromatic amines is 1. The maximum absolute atomic E-state index is 13.7. The molecule has 0 aliphatic carbocycles. The maximum Gasteiger partial charge on any atom is 0.207 e. The molecule has 3 aromatic rings. The molecule has 2 aromatic heterocycles. The number of H-pyrrole nitrogens is 1. The van der Waals surface area contributed by atoms with E-state index < -0.39 is 11.6 Å². The summed E-state index contributed by atoms with van der Waals surface area (Å²) >= 11 is 1.17. The Morgan fingerprint density at radius 3 is 2.92 bits per heavy atom. The molecular formula is C14H14F2N6OS. The lowest BCUT2D eigenvalue weighted by molar-refractivity contribution is 0.292. The Balaban J connectivity index is 1.80. The number of hydrogen-bond donors (Lipinski definition) is 3. The predicted octanol–water partition coefficient (Wildman–Crippen LogP) is 2.11. The Morgan fingerprint density at radius 1 is 1.21 bits per heavy atom. The van der Waals surface area contributed by atoms with Crippen molar-refractivity contribution in [1.82, 2.24) is 25.4 Å². The maximum atomic E-state index is 13.7. The van der Waals surface area contributed by atoms with Crippen LogP contribution in [-0.4, -0.2) is 43.6 Å². The Kier molecular flexibility index (Phi) is 5.16. The van der Waals surface area contributed by atoms with Crippen LogP contribution in [0.15, 0.2) is 23.4 Å². The third-order valence-corrected chi connectivity index (χ3v) is 4.07. The molecule has 24 heavy (non-hydrogen) atoms.